The molecule has 0 bridgehead atoms. The van der Waals surface area contributed by atoms with E-state index >= 15 is 0 Å². The highest BCUT2D eigenvalue weighted by molar-refractivity contribution is 5.98. The first-order chi connectivity index (χ1) is 14.2. The van der Waals surface area contributed by atoms with Gasteiger partial charge in [0, 0.05) is 29.3 Å². The van der Waals surface area contributed by atoms with Gasteiger partial charge in [0.2, 0.25) is 0 Å². The summed E-state index contributed by atoms with van der Waals surface area (Å²) < 4.78 is 1.58. The fraction of sp³-hybridized carbons (Fsp3) is 0.0800. The van der Waals surface area contributed by atoms with Crippen molar-refractivity contribution < 1.29 is 9.59 Å². The fourth-order valence-corrected chi connectivity index (χ4v) is 3.22. The van der Waals surface area contributed by atoms with E-state index in [0.29, 0.717) is 29.8 Å². The first kappa shape index (κ1) is 18.6. The van der Waals surface area contributed by atoms with Gasteiger partial charge >= 0.3 is 0 Å². The second-order valence-corrected chi connectivity index (χ2v) is 6.75. The van der Waals surface area contributed by atoms with Crippen molar-refractivity contribution in [1.82, 2.24) is 9.55 Å². The number of aryl methyl sites for hydroxylation is 1. The molecule has 4 nitrogen and oxygen atoms in total. The smallest absolute Gasteiger partial charge is 0.263 e. The SMILES string of the molecule is O=C(CCc1cn(C(=O)c2ccccc2)c(-c2ccccc2)n1)c1ccccc1. The highest BCUT2D eigenvalue weighted by Crippen LogP contribution is 2.21. The van der Waals surface area contributed by atoms with Crippen LogP contribution in [0.15, 0.2) is 97.2 Å². The summed E-state index contributed by atoms with van der Waals surface area (Å²) in [7, 11) is 0. The molecular weight excluding hydrogens is 360 g/mol. The summed E-state index contributed by atoms with van der Waals surface area (Å²) in [6, 6.07) is 28.0. The Balaban J connectivity index is 1.63. The van der Waals surface area contributed by atoms with Crippen molar-refractivity contribution in [3.05, 3.63) is 114 Å². The summed E-state index contributed by atoms with van der Waals surface area (Å²) in [5, 5.41) is 0. The second kappa shape index (κ2) is 8.48. The Bertz CT molecular complexity index is 1120. The monoisotopic (exact) mass is 380 g/mol. The highest BCUT2D eigenvalue weighted by atomic mass is 16.2. The van der Waals surface area contributed by atoms with E-state index in [-0.39, 0.29) is 11.7 Å². The normalized spacial score (nSPS) is 10.6. The average molecular weight is 380 g/mol. The standard InChI is InChI=1S/C25H20N2O2/c28-23(19-10-4-1-5-11-19)17-16-22-18-27(25(29)21-14-8-3-9-15-21)24(26-22)20-12-6-2-7-13-20/h1-15,18H,16-17H2. The predicted octanol–water partition coefficient (Wildman–Crippen LogP) is 5.05. The zero-order valence-electron chi connectivity index (χ0n) is 15.9. The Morgan fingerprint density at radius 2 is 1.28 bits per heavy atom. The van der Waals surface area contributed by atoms with Crippen LogP contribution in [0.3, 0.4) is 0 Å². The van der Waals surface area contributed by atoms with Gasteiger partial charge in [0.1, 0.15) is 5.82 Å². The number of benzene rings is 3. The Morgan fingerprint density at radius 3 is 1.90 bits per heavy atom. The quantitative estimate of drug-likeness (QED) is 0.440. The largest absolute Gasteiger partial charge is 0.294 e. The first-order valence-electron chi connectivity index (χ1n) is 9.54. The van der Waals surface area contributed by atoms with Crippen LogP contribution in [0.2, 0.25) is 0 Å². The molecule has 29 heavy (non-hydrogen) atoms. The number of imidazole rings is 1. The van der Waals surface area contributed by atoms with Crippen molar-refractivity contribution >= 4 is 11.7 Å². The zero-order valence-corrected chi connectivity index (χ0v) is 15.9. The maximum atomic E-state index is 13.1. The van der Waals surface area contributed by atoms with Crippen LogP contribution in [0.25, 0.3) is 11.4 Å². The third-order valence-corrected chi connectivity index (χ3v) is 4.73. The van der Waals surface area contributed by atoms with Crippen LogP contribution >= 0.6 is 0 Å². The minimum Gasteiger partial charge on any atom is -0.294 e. The van der Waals surface area contributed by atoms with Crippen LogP contribution in [0.1, 0.15) is 32.8 Å². The highest BCUT2D eigenvalue weighted by Gasteiger charge is 2.18. The molecule has 0 unspecified atom stereocenters. The molecule has 0 aliphatic rings. The molecule has 3 aromatic carbocycles. The summed E-state index contributed by atoms with van der Waals surface area (Å²) >= 11 is 0. The topological polar surface area (TPSA) is 52.0 Å². The molecule has 142 valence electrons. The van der Waals surface area contributed by atoms with E-state index in [1.54, 1.807) is 22.9 Å². The number of aromatic nitrogens is 2. The number of hydrogen-bond acceptors (Lipinski definition) is 3. The fourth-order valence-electron chi connectivity index (χ4n) is 3.22. The summed E-state index contributed by atoms with van der Waals surface area (Å²) in [6.45, 7) is 0. The molecule has 0 aliphatic heterocycles. The Hall–Kier alpha value is -3.79. The number of hydrogen-bond donors (Lipinski definition) is 0. The van der Waals surface area contributed by atoms with Gasteiger partial charge in [-0.2, -0.15) is 0 Å². The van der Waals surface area contributed by atoms with Gasteiger partial charge in [0.25, 0.3) is 5.91 Å². The van der Waals surface area contributed by atoms with E-state index in [1.807, 2.05) is 78.9 Å². The molecule has 0 saturated heterocycles. The molecule has 0 radical (unpaired) electrons. The van der Waals surface area contributed by atoms with Gasteiger partial charge in [-0.1, -0.05) is 78.9 Å². The van der Waals surface area contributed by atoms with E-state index in [9.17, 15) is 9.59 Å². The molecule has 0 aliphatic carbocycles. The lowest BCUT2D eigenvalue weighted by Crippen LogP contribution is -2.12. The van der Waals surface area contributed by atoms with Crippen molar-refractivity contribution in [2.45, 2.75) is 12.8 Å². The molecule has 0 N–H and O–H groups in total. The molecule has 4 rings (SSSR count). The molecule has 0 saturated carbocycles. The summed E-state index contributed by atoms with van der Waals surface area (Å²) in [5.74, 6) is 0.509. The van der Waals surface area contributed by atoms with Crippen LogP contribution < -0.4 is 0 Å². The number of ketones is 1. The van der Waals surface area contributed by atoms with Crippen LogP contribution in [-0.2, 0) is 6.42 Å². The minimum atomic E-state index is -0.141. The van der Waals surface area contributed by atoms with Crippen LogP contribution in [-0.4, -0.2) is 21.2 Å². The zero-order chi connectivity index (χ0) is 20.1. The van der Waals surface area contributed by atoms with E-state index in [2.05, 4.69) is 4.98 Å². The number of Topliss-reactive ketones (excluding diaryl/α,β-unsaturated/α-hetero) is 1. The van der Waals surface area contributed by atoms with Crippen molar-refractivity contribution in [1.29, 1.82) is 0 Å². The molecular formula is C25H20N2O2. The number of carbonyl (C=O) groups is 2. The van der Waals surface area contributed by atoms with E-state index < -0.39 is 0 Å². The number of rotatable bonds is 6. The molecule has 0 atom stereocenters. The Morgan fingerprint density at radius 1 is 0.724 bits per heavy atom. The lowest BCUT2D eigenvalue weighted by atomic mass is 10.1. The Kier molecular flexibility index (Phi) is 5.43. The van der Waals surface area contributed by atoms with Gasteiger partial charge in [0.05, 0.1) is 5.69 Å². The average Bonchev–Trinajstić information content (AvgIpc) is 3.23. The van der Waals surface area contributed by atoms with Crippen molar-refractivity contribution in [2.24, 2.45) is 0 Å². The van der Waals surface area contributed by atoms with Gasteiger partial charge in [-0.25, -0.2) is 4.98 Å². The van der Waals surface area contributed by atoms with Gasteiger partial charge in [-0.3, -0.25) is 14.2 Å². The van der Waals surface area contributed by atoms with E-state index in [4.69, 9.17) is 0 Å². The minimum absolute atomic E-state index is 0.0656. The number of nitrogens with zero attached hydrogens (tertiary/aromatic N) is 2. The predicted molar refractivity (Wildman–Crippen MR) is 113 cm³/mol. The Labute approximate surface area is 169 Å². The maximum Gasteiger partial charge on any atom is 0.263 e. The molecule has 4 aromatic rings. The molecule has 1 aromatic heterocycles. The van der Waals surface area contributed by atoms with E-state index in [1.165, 1.54) is 0 Å². The van der Waals surface area contributed by atoms with Crippen molar-refractivity contribution in [3.8, 4) is 11.4 Å². The van der Waals surface area contributed by atoms with Gasteiger partial charge < -0.3 is 0 Å². The third-order valence-electron chi connectivity index (χ3n) is 4.73. The van der Waals surface area contributed by atoms with Crippen LogP contribution in [0.5, 0.6) is 0 Å². The van der Waals surface area contributed by atoms with E-state index in [0.717, 1.165) is 11.3 Å². The lowest BCUT2D eigenvalue weighted by molar-refractivity contribution is 0.0960. The molecule has 0 amide bonds. The van der Waals surface area contributed by atoms with Crippen LogP contribution in [0.4, 0.5) is 0 Å². The summed E-state index contributed by atoms with van der Waals surface area (Å²) in [4.78, 5) is 30.2. The van der Waals surface area contributed by atoms with Crippen LogP contribution in [0, 0.1) is 0 Å². The van der Waals surface area contributed by atoms with Gasteiger partial charge in [-0.05, 0) is 18.6 Å². The number of carbonyl (C=O) groups excluding carboxylic acids is 2. The third kappa shape index (κ3) is 4.22. The molecule has 4 heteroatoms. The lowest BCUT2D eigenvalue weighted by Gasteiger charge is -2.06. The maximum absolute atomic E-state index is 13.1. The first-order valence-corrected chi connectivity index (χ1v) is 9.54. The summed E-state index contributed by atoms with van der Waals surface area (Å²) in [5.41, 5.74) is 2.86. The van der Waals surface area contributed by atoms with Gasteiger partial charge in [0.15, 0.2) is 5.78 Å². The molecule has 1 heterocycles. The van der Waals surface area contributed by atoms with Crippen molar-refractivity contribution in [2.75, 3.05) is 0 Å². The van der Waals surface area contributed by atoms with Crippen molar-refractivity contribution in [3.63, 3.8) is 0 Å². The van der Waals surface area contributed by atoms with Gasteiger partial charge in [-0.15, -0.1) is 0 Å². The molecule has 0 spiro atoms. The molecule has 0 fully saturated rings. The summed E-state index contributed by atoms with van der Waals surface area (Å²) in [6.07, 6.45) is 2.56. The second-order valence-electron chi connectivity index (χ2n) is 6.75.